The predicted molar refractivity (Wildman–Crippen MR) is 103 cm³/mol. The largest absolute Gasteiger partial charge is 0.352 e. The summed E-state index contributed by atoms with van der Waals surface area (Å²) in [6.07, 6.45) is 8.62. The standard InChI is InChI=1S/C21H31N3O2/c25-20(22-19-11-7-2-1-3-8-12-19)17-23-13-15-24(16-14-23)21(26)18-9-5-4-6-10-18/h4-6,9-10,19H,1-3,7-8,11-17H2,(H,22,25). The molecule has 0 aromatic heterocycles. The molecule has 3 rings (SSSR count). The summed E-state index contributed by atoms with van der Waals surface area (Å²) in [5.41, 5.74) is 0.739. The molecule has 142 valence electrons. The second-order valence-electron chi connectivity index (χ2n) is 7.54. The van der Waals surface area contributed by atoms with Gasteiger partial charge >= 0.3 is 0 Å². The molecule has 1 aliphatic heterocycles. The van der Waals surface area contributed by atoms with Crippen molar-refractivity contribution in [1.29, 1.82) is 0 Å². The Kier molecular flexibility index (Phi) is 7.06. The van der Waals surface area contributed by atoms with Crippen LogP contribution in [0.3, 0.4) is 0 Å². The van der Waals surface area contributed by atoms with Crippen LogP contribution in [-0.4, -0.2) is 60.4 Å². The molecule has 5 heteroatoms. The molecule has 1 aliphatic carbocycles. The lowest BCUT2D eigenvalue weighted by Crippen LogP contribution is -2.51. The second kappa shape index (κ2) is 9.72. The van der Waals surface area contributed by atoms with Gasteiger partial charge in [0.1, 0.15) is 0 Å². The molecule has 1 aromatic rings. The molecule has 1 N–H and O–H groups in total. The second-order valence-corrected chi connectivity index (χ2v) is 7.54. The Morgan fingerprint density at radius 1 is 0.885 bits per heavy atom. The molecule has 1 saturated carbocycles. The molecule has 1 aromatic carbocycles. The van der Waals surface area contributed by atoms with Gasteiger partial charge in [-0.3, -0.25) is 14.5 Å². The Morgan fingerprint density at radius 2 is 1.50 bits per heavy atom. The van der Waals surface area contributed by atoms with E-state index in [9.17, 15) is 9.59 Å². The van der Waals surface area contributed by atoms with Gasteiger partial charge in [0.05, 0.1) is 6.54 Å². The number of rotatable bonds is 4. The lowest BCUT2D eigenvalue weighted by atomic mass is 9.97. The average molecular weight is 357 g/mol. The van der Waals surface area contributed by atoms with Crippen molar-refractivity contribution >= 4 is 11.8 Å². The highest BCUT2D eigenvalue weighted by Gasteiger charge is 2.24. The maximum absolute atomic E-state index is 12.5. The van der Waals surface area contributed by atoms with Crippen LogP contribution in [0.5, 0.6) is 0 Å². The molecule has 1 heterocycles. The molecule has 0 spiro atoms. The van der Waals surface area contributed by atoms with E-state index in [2.05, 4.69) is 10.2 Å². The molecule has 2 amide bonds. The van der Waals surface area contributed by atoms with Crippen LogP contribution in [0.15, 0.2) is 30.3 Å². The van der Waals surface area contributed by atoms with Crippen LogP contribution >= 0.6 is 0 Å². The number of carbonyl (C=O) groups is 2. The molecule has 26 heavy (non-hydrogen) atoms. The van der Waals surface area contributed by atoms with Crippen LogP contribution in [0.2, 0.25) is 0 Å². The minimum absolute atomic E-state index is 0.0872. The average Bonchev–Trinajstić information content (AvgIpc) is 2.64. The number of carbonyl (C=O) groups excluding carboxylic acids is 2. The summed E-state index contributed by atoms with van der Waals surface area (Å²) >= 11 is 0. The van der Waals surface area contributed by atoms with Crippen molar-refractivity contribution in [3.05, 3.63) is 35.9 Å². The summed E-state index contributed by atoms with van der Waals surface area (Å²) in [5, 5.41) is 3.23. The number of amides is 2. The number of hydrogen-bond donors (Lipinski definition) is 1. The molecule has 0 bridgehead atoms. The first-order chi connectivity index (χ1) is 12.7. The highest BCUT2D eigenvalue weighted by molar-refractivity contribution is 5.94. The summed E-state index contributed by atoms with van der Waals surface area (Å²) in [6.45, 7) is 3.34. The Bertz CT molecular complexity index is 574. The third kappa shape index (κ3) is 5.56. The van der Waals surface area contributed by atoms with E-state index >= 15 is 0 Å². The van der Waals surface area contributed by atoms with E-state index in [0.29, 0.717) is 25.7 Å². The van der Waals surface area contributed by atoms with E-state index in [4.69, 9.17) is 0 Å². The van der Waals surface area contributed by atoms with Crippen LogP contribution in [-0.2, 0) is 4.79 Å². The maximum atomic E-state index is 12.5. The van der Waals surface area contributed by atoms with E-state index in [1.54, 1.807) is 0 Å². The molecule has 0 atom stereocenters. The van der Waals surface area contributed by atoms with Crippen LogP contribution < -0.4 is 5.32 Å². The maximum Gasteiger partial charge on any atom is 0.253 e. The van der Waals surface area contributed by atoms with E-state index in [0.717, 1.165) is 31.5 Å². The fourth-order valence-electron chi connectivity index (χ4n) is 3.95. The first kappa shape index (κ1) is 18.9. The SMILES string of the molecule is O=C(CN1CCN(C(=O)c2ccccc2)CC1)NC1CCCCCCC1. The van der Waals surface area contributed by atoms with Crippen LogP contribution in [0.1, 0.15) is 55.3 Å². The minimum atomic E-state index is 0.0872. The zero-order chi connectivity index (χ0) is 18.2. The highest BCUT2D eigenvalue weighted by atomic mass is 16.2. The van der Waals surface area contributed by atoms with Gasteiger partial charge in [-0.1, -0.05) is 50.3 Å². The summed E-state index contributed by atoms with van der Waals surface area (Å²) < 4.78 is 0. The lowest BCUT2D eigenvalue weighted by Gasteiger charge is -2.34. The summed E-state index contributed by atoms with van der Waals surface area (Å²) in [6, 6.07) is 9.77. The van der Waals surface area contributed by atoms with Crippen molar-refractivity contribution in [2.75, 3.05) is 32.7 Å². The highest BCUT2D eigenvalue weighted by Crippen LogP contribution is 2.17. The van der Waals surface area contributed by atoms with Gasteiger partial charge < -0.3 is 10.2 Å². The molecule has 5 nitrogen and oxygen atoms in total. The van der Waals surface area contributed by atoms with Gasteiger partial charge in [0.2, 0.25) is 5.91 Å². The number of benzene rings is 1. The van der Waals surface area contributed by atoms with Crippen molar-refractivity contribution in [3.63, 3.8) is 0 Å². The number of piperazine rings is 1. The monoisotopic (exact) mass is 357 g/mol. The smallest absolute Gasteiger partial charge is 0.253 e. The zero-order valence-electron chi connectivity index (χ0n) is 15.7. The minimum Gasteiger partial charge on any atom is -0.352 e. The molecule has 0 radical (unpaired) electrons. The Labute approximate surface area is 156 Å². The molecular weight excluding hydrogens is 326 g/mol. The van der Waals surface area contributed by atoms with Crippen molar-refractivity contribution in [3.8, 4) is 0 Å². The molecule has 2 aliphatic rings. The first-order valence-corrected chi connectivity index (χ1v) is 10.1. The zero-order valence-corrected chi connectivity index (χ0v) is 15.7. The Morgan fingerprint density at radius 3 is 2.15 bits per heavy atom. The van der Waals surface area contributed by atoms with Crippen molar-refractivity contribution in [2.24, 2.45) is 0 Å². The number of hydrogen-bond acceptors (Lipinski definition) is 3. The van der Waals surface area contributed by atoms with E-state index in [1.807, 2.05) is 35.2 Å². The van der Waals surface area contributed by atoms with E-state index in [1.165, 1.54) is 32.1 Å². The number of nitrogens with zero attached hydrogens (tertiary/aromatic N) is 2. The van der Waals surface area contributed by atoms with E-state index < -0.39 is 0 Å². The van der Waals surface area contributed by atoms with Crippen molar-refractivity contribution < 1.29 is 9.59 Å². The predicted octanol–water partition coefficient (Wildman–Crippen LogP) is 2.67. The number of nitrogens with one attached hydrogen (secondary N) is 1. The van der Waals surface area contributed by atoms with Gasteiger partial charge in [0.15, 0.2) is 0 Å². The van der Waals surface area contributed by atoms with Crippen molar-refractivity contribution in [1.82, 2.24) is 15.1 Å². The van der Waals surface area contributed by atoms with Gasteiger partial charge in [-0.25, -0.2) is 0 Å². The van der Waals surface area contributed by atoms with Crippen LogP contribution in [0, 0.1) is 0 Å². The lowest BCUT2D eigenvalue weighted by molar-refractivity contribution is -0.123. The summed E-state index contributed by atoms with van der Waals surface area (Å²) in [4.78, 5) is 28.9. The Hall–Kier alpha value is -1.88. The van der Waals surface area contributed by atoms with Crippen LogP contribution in [0.4, 0.5) is 0 Å². The fraction of sp³-hybridized carbons (Fsp3) is 0.619. The van der Waals surface area contributed by atoms with Gasteiger partial charge in [-0.15, -0.1) is 0 Å². The van der Waals surface area contributed by atoms with Gasteiger partial charge in [-0.2, -0.15) is 0 Å². The normalized spacial score (nSPS) is 20.2. The van der Waals surface area contributed by atoms with Gasteiger partial charge in [-0.05, 0) is 25.0 Å². The van der Waals surface area contributed by atoms with Gasteiger partial charge in [0.25, 0.3) is 5.91 Å². The third-order valence-electron chi connectivity index (χ3n) is 5.52. The fourth-order valence-corrected chi connectivity index (χ4v) is 3.95. The third-order valence-corrected chi connectivity index (χ3v) is 5.52. The topological polar surface area (TPSA) is 52.7 Å². The van der Waals surface area contributed by atoms with Crippen LogP contribution in [0.25, 0.3) is 0 Å². The summed E-state index contributed by atoms with van der Waals surface area (Å²) in [7, 11) is 0. The van der Waals surface area contributed by atoms with Crippen molar-refractivity contribution in [2.45, 2.75) is 51.0 Å². The Balaban J connectivity index is 1.40. The quantitative estimate of drug-likeness (QED) is 0.901. The molecule has 2 fully saturated rings. The van der Waals surface area contributed by atoms with E-state index in [-0.39, 0.29) is 11.8 Å². The first-order valence-electron chi connectivity index (χ1n) is 10.1. The molecule has 1 saturated heterocycles. The molecular formula is C21H31N3O2. The summed E-state index contributed by atoms with van der Waals surface area (Å²) in [5.74, 6) is 0.225. The van der Waals surface area contributed by atoms with Gasteiger partial charge in [0, 0.05) is 37.8 Å². The molecule has 0 unspecified atom stereocenters.